The van der Waals surface area contributed by atoms with Gasteiger partial charge in [-0.05, 0) is 46.9 Å². The van der Waals surface area contributed by atoms with Crippen LogP contribution in [-0.2, 0) is 0 Å². The first-order valence-corrected chi connectivity index (χ1v) is 3.38. The number of hydrogen-bond donors (Lipinski definition) is 1. The standard InChI is InChI=1S/C6H6IN/c7-5-1-3-6(8)4-2-5/h1-4H,8H2/i1+1,2+1,3+1,4+1,5+1,6+1. The minimum atomic E-state index is 0.824. The summed E-state index contributed by atoms with van der Waals surface area (Å²) in [4.78, 5) is 0. The SMILES string of the molecule is N[13c]1[13cH][13cH][13c](I)[13cH][13cH]1. The molecule has 0 aliphatic heterocycles. The fourth-order valence-electron chi connectivity index (χ4n) is 0.463. The molecule has 0 radical (unpaired) electrons. The third-order valence-electron chi connectivity index (χ3n) is 0.870. The molecule has 1 nitrogen and oxygen atoms in total. The van der Waals surface area contributed by atoms with Gasteiger partial charge in [0.1, 0.15) is 0 Å². The molecule has 0 spiro atoms. The highest BCUT2D eigenvalue weighted by Crippen LogP contribution is 2.06. The first-order chi connectivity index (χ1) is 3.79. The third kappa shape index (κ3) is 1.36. The second-order valence-corrected chi connectivity index (χ2v) is 2.80. The van der Waals surface area contributed by atoms with E-state index in [2.05, 4.69) is 22.6 Å². The quantitative estimate of drug-likeness (QED) is 0.529. The van der Waals surface area contributed by atoms with Crippen LogP contribution in [0.1, 0.15) is 0 Å². The Kier molecular flexibility index (Phi) is 1.73. The van der Waals surface area contributed by atoms with Gasteiger partial charge in [-0.3, -0.25) is 0 Å². The first kappa shape index (κ1) is 5.88. The summed E-state index contributed by atoms with van der Waals surface area (Å²) in [5.41, 5.74) is 6.25. The van der Waals surface area contributed by atoms with Gasteiger partial charge in [-0.25, -0.2) is 0 Å². The summed E-state index contributed by atoms with van der Waals surface area (Å²) in [7, 11) is 0. The van der Waals surface area contributed by atoms with Crippen molar-refractivity contribution in [2.45, 2.75) is 0 Å². The lowest BCUT2D eigenvalue weighted by molar-refractivity contribution is 1.63. The Morgan fingerprint density at radius 3 is 2.00 bits per heavy atom. The molecule has 1 aromatic carbocycles. The highest BCUT2D eigenvalue weighted by Gasteiger charge is 1.81. The monoisotopic (exact) mass is 225 g/mol. The molecular formula is C6H6IN. The van der Waals surface area contributed by atoms with Crippen molar-refractivity contribution in [3.63, 3.8) is 0 Å². The molecule has 0 saturated heterocycles. The van der Waals surface area contributed by atoms with Crippen molar-refractivity contribution in [2.24, 2.45) is 0 Å². The van der Waals surface area contributed by atoms with Crippen molar-refractivity contribution in [3.8, 4) is 0 Å². The van der Waals surface area contributed by atoms with Gasteiger partial charge in [-0.15, -0.1) is 0 Å². The predicted molar refractivity (Wildman–Crippen MR) is 43.6 cm³/mol. The fraction of sp³-hybridized carbons (Fsp3) is 0. The zero-order valence-electron chi connectivity index (χ0n) is 4.26. The molecule has 0 bridgehead atoms. The van der Waals surface area contributed by atoms with Gasteiger partial charge in [0.25, 0.3) is 0 Å². The van der Waals surface area contributed by atoms with Gasteiger partial charge in [-0.1, -0.05) is 0 Å². The van der Waals surface area contributed by atoms with Gasteiger partial charge in [0.15, 0.2) is 0 Å². The van der Waals surface area contributed by atoms with E-state index in [4.69, 9.17) is 5.73 Å². The second-order valence-electron chi connectivity index (χ2n) is 1.55. The Morgan fingerprint density at radius 1 is 1.12 bits per heavy atom. The van der Waals surface area contributed by atoms with Gasteiger partial charge in [0, 0.05) is 9.26 Å². The van der Waals surface area contributed by atoms with E-state index in [-0.39, 0.29) is 0 Å². The average Bonchev–Trinajstić information content (AvgIpc) is 1.77. The molecule has 0 aliphatic rings. The van der Waals surface area contributed by atoms with E-state index in [1.165, 1.54) is 3.57 Å². The van der Waals surface area contributed by atoms with Gasteiger partial charge in [-0.2, -0.15) is 0 Å². The third-order valence-corrected chi connectivity index (χ3v) is 1.59. The van der Waals surface area contributed by atoms with Crippen LogP contribution < -0.4 is 5.73 Å². The highest BCUT2D eigenvalue weighted by molar-refractivity contribution is 14.1. The lowest BCUT2D eigenvalue weighted by Crippen LogP contribution is -1.81. The summed E-state index contributed by atoms with van der Waals surface area (Å²) in [5, 5.41) is 0. The highest BCUT2D eigenvalue weighted by atomic mass is 127. The number of nitrogen functional groups attached to an aromatic ring is 1. The second kappa shape index (κ2) is 2.35. The Labute approximate surface area is 62.0 Å². The molecule has 0 atom stereocenters. The molecule has 0 unspecified atom stereocenters. The van der Waals surface area contributed by atoms with Gasteiger partial charge >= 0.3 is 0 Å². The number of anilines is 1. The smallest absolute Gasteiger partial charge is 0.0314 e. The van der Waals surface area contributed by atoms with Crippen LogP contribution in [-0.4, -0.2) is 0 Å². The van der Waals surface area contributed by atoms with Crippen molar-refractivity contribution in [1.29, 1.82) is 0 Å². The molecule has 1 aromatic rings. The Hall–Kier alpha value is -0.250. The van der Waals surface area contributed by atoms with E-state index in [1.54, 1.807) is 0 Å². The summed E-state index contributed by atoms with van der Waals surface area (Å²) < 4.78 is 1.22. The summed E-state index contributed by atoms with van der Waals surface area (Å²) in [6, 6.07) is 7.75. The molecule has 2 N–H and O–H groups in total. The van der Waals surface area contributed by atoms with E-state index in [9.17, 15) is 0 Å². The lowest BCUT2D eigenvalue weighted by atomic mass is 11.3. The number of hydrogen-bond acceptors (Lipinski definition) is 1. The van der Waals surface area contributed by atoms with Gasteiger partial charge in [0.05, 0.1) is 0 Å². The van der Waals surface area contributed by atoms with Gasteiger partial charge in [0.2, 0.25) is 0 Å². The van der Waals surface area contributed by atoms with E-state index < -0.39 is 0 Å². The van der Waals surface area contributed by atoms with Crippen LogP contribution in [0.15, 0.2) is 24.3 Å². The first-order valence-electron chi connectivity index (χ1n) is 2.30. The Morgan fingerprint density at radius 2 is 1.62 bits per heavy atom. The molecule has 2 heteroatoms. The zero-order chi connectivity index (χ0) is 5.98. The molecule has 0 aliphatic carbocycles. The average molecular weight is 225 g/mol. The van der Waals surface area contributed by atoms with Crippen molar-refractivity contribution < 1.29 is 0 Å². The summed E-state index contributed by atoms with van der Waals surface area (Å²) in [5.74, 6) is 0. The van der Waals surface area contributed by atoms with E-state index >= 15 is 0 Å². The van der Waals surface area contributed by atoms with Crippen molar-refractivity contribution >= 4 is 28.3 Å². The Bertz CT molecular complexity index is 147. The van der Waals surface area contributed by atoms with Crippen molar-refractivity contribution in [2.75, 3.05) is 5.73 Å². The summed E-state index contributed by atoms with van der Waals surface area (Å²) >= 11 is 2.24. The normalized spacial score (nSPS) is 9.12. The van der Waals surface area contributed by atoms with Crippen LogP contribution in [0.3, 0.4) is 0 Å². The van der Waals surface area contributed by atoms with E-state index in [0.717, 1.165) is 5.69 Å². The maximum Gasteiger partial charge on any atom is 0.0314 e. The van der Waals surface area contributed by atoms with E-state index in [1.807, 2.05) is 24.3 Å². The molecule has 0 heterocycles. The lowest BCUT2D eigenvalue weighted by Gasteiger charge is -1.89. The molecule has 0 saturated carbocycles. The molecule has 42 valence electrons. The van der Waals surface area contributed by atoms with Crippen LogP contribution in [0.5, 0.6) is 0 Å². The van der Waals surface area contributed by atoms with Crippen molar-refractivity contribution in [1.82, 2.24) is 0 Å². The number of halogens is 1. The summed E-state index contributed by atoms with van der Waals surface area (Å²) in [6.45, 7) is 0. The minimum Gasteiger partial charge on any atom is -0.399 e. The molecular weight excluding hydrogens is 219 g/mol. The number of rotatable bonds is 0. The van der Waals surface area contributed by atoms with E-state index in [0.29, 0.717) is 0 Å². The maximum absolute atomic E-state index is 5.42. The van der Waals surface area contributed by atoms with Gasteiger partial charge < -0.3 is 5.73 Å². The largest absolute Gasteiger partial charge is 0.399 e. The van der Waals surface area contributed by atoms with Crippen LogP contribution >= 0.6 is 22.6 Å². The van der Waals surface area contributed by atoms with Crippen LogP contribution in [0.4, 0.5) is 5.69 Å². The molecule has 8 heavy (non-hydrogen) atoms. The summed E-state index contributed by atoms with van der Waals surface area (Å²) in [6.07, 6.45) is 0. The minimum absolute atomic E-state index is 0.824. The van der Waals surface area contributed by atoms with Crippen LogP contribution in [0, 0.1) is 3.57 Å². The Balaban J connectivity index is 3.03. The van der Waals surface area contributed by atoms with Crippen LogP contribution in [0.25, 0.3) is 0 Å². The number of nitrogens with two attached hydrogens (primary N) is 1. The number of benzene rings is 1. The predicted octanol–water partition coefficient (Wildman–Crippen LogP) is 1.87. The molecule has 1 rings (SSSR count). The molecule has 0 aromatic heterocycles. The van der Waals surface area contributed by atoms with Crippen molar-refractivity contribution in [3.05, 3.63) is 27.8 Å². The maximum atomic E-state index is 5.42. The molecule has 0 fully saturated rings. The molecule has 0 amide bonds. The topological polar surface area (TPSA) is 26.0 Å². The zero-order valence-corrected chi connectivity index (χ0v) is 6.42. The fourth-order valence-corrected chi connectivity index (χ4v) is 0.822. The van der Waals surface area contributed by atoms with Crippen LogP contribution in [0.2, 0.25) is 0 Å².